The van der Waals surface area contributed by atoms with Crippen molar-refractivity contribution in [1.29, 1.82) is 0 Å². The van der Waals surface area contributed by atoms with Gasteiger partial charge in [0, 0.05) is 133 Å². The molecule has 12 aromatic carbocycles. The molecule has 0 fully saturated rings. The van der Waals surface area contributed by atoms with Crippen molar-refractivity contribution in [3.05, 3.63) is 297 Å². The fraction of sp³-hybridized carbons (Fsp3) is 0.429. The molecule has 11 nitrogen and oxygen atoms in total. The molecule has 0 atom stereocenters. The number of para-hydroxylation sites is 4. The van der Waals surface area contributed by atoms with Gasteiger partial charge in [-0.25, -0.2) is 11.1 Å². The topological polar surface area (TPSA) is 42.4 Å². The summed E-state index contributed by atoms with van der Waals surface area (Å²) in [6.45, 7) is 63.0. The van der Waals surface area contributed by atoms with Crippen LogP contribution in [0.2, 0.25) is 0 Å². The van der Waals surface area contributed by atoms with Crippen molar-refractivity contribution in [2.75, 3.05) is 105 Å². The normalized spacial score (nSPS) is 11.2. The molecule has 0 saturated heterocycles. The number of hydrogen-bond donors (Lipinski definition) is 0. The van der Waals surface area contributed by atoms with Crippen LogP contribution in [-0.2, 0) is 84.6 Å². The van der Waals surface area contributed by atoms with Gasteiger partial charge in [-0.3, -0.25) is 29.4 Å². The predicted octanol–water partition coefficient (Wildman–Crippen LogP) is 33.3. The largest absolute Gasteiger partial charge is 0.390 e. The van der Waals surface area contributed by atoms with E-state index in [-0.39, 0.29) is 45.0 Å². The van der Waals surface area contributed by atoms with Gasteiger partial charge >= 0.3 is 0 Å². The first kappa shape index (κ1) is 123. The Morgan fingerprint density at radius 1 is 0.283 bits per heavy atom. The summed E-state index contributed by atoms with van der Waals surface area (Å²) in [5.41, 5.74) is 36.5. The van der Waals surface area contributed by atoms with Crippen LogP contribution in [0.4, 0.5) is 0 Å². The molecular weight excluding hydrogens is 1760 g/mol. The third kappa shape index (κ3) is 26.9. The Labute approximate surface area is 865 Å². The van der Waals surface area contributed by atoms with E-state index in [0.29, 0.717) is 6.17 Å². The zero-order valence-corrected chi connectivity index (χ0v) is 97.2. The van der Waals surface area contributed by atoms with Crippen LogP contribution in [0, 0.1) is 26.0 Å². The van der Waals surface area contributed by atoms with Crippen LogP contribution in [0.25, 0.3) is 121 Å². The van der Waals surface area contributed by atoms with E-state index in [1.807, 2.05) is 157 Å². The second kappa shape index (κ2) is 62.1. The van der Waals surface area contributed by atoms with Crippen molar-refractivity contribution < 1.29 is 32.7 Å². The average molecular weight is 1940 g/mol. The Morgan fingerprint density at radius 2 is 0.616 bits per heavy atom. The van der Waals surface area contributed by atoms with Crippen LogP contribution in [0.5, 0.6) is 0 Å². The molecular formula is C126H183N11Y-2. The number of hydrogen-bond acceptors (Lipinski definition) is 7. The van der Waals surface area contributed by atoms with E-state index >= 15 is 0 Å². The molecule has 19 rings (SSSR count). The van der Waals surface area contributed by atoms with Gasteiger partial charge in [0.25, 0.3) is 0 Å². The van der Waals surface area contributed by atoms with Gasteiger partial charge in [0.1, 0.15) is 0 Å². The molecule has 138 heavy (non-hydrogen) atoms. The summed E-state index contributed by atoms with van der Waals surface area (Å²) in [5, 5.41) is 11.0. The summed E-state index contributed by atoms with van der Waals surface area (Å²) in [6.07, 6.45) is 5.12. The summed E-state index contributed by atoms with van der Waals surface area (Å²) in [7, 11) is 29.9. The second-order valence-corrected chi connectivity index (χ2v) is 33.6. The molecule has 12 heteroatoms. The Morgan fingerprint density at radius 3 is 1.02 bits per heavy atom. The maximum atomic E-state index is 3.41. The first-order chi connectivity index (χ1) is 66.5. The monoisotopic (exact) mass is 1940 g/mol. The second-order valence-electron chi connectivity index (χ2n) is 33.6. The molecule has 0 saturated carbocycles. The minimum absolute atomic E-state index is 0. The van der Waals surface area contributed by atoms with Crippen molar-refractivity contribution in [3.63, 3.8) is 0 Å². The molecule has 1 radical (unpaired) electrons. The van der Waals surface area contributed by atoms with Gasteiger partial charge in [-0.05, 0) is 279 Å². The Bertz CT molecular complexity index is 6240. The van der Waals surface area contributed by atoms with E-state index in [4.69, 9.17) is 0 Å². The molecule has 0 bridgehead atoms. The quantitative estimate of drug-likeness (QED) is 0.0794. The number of fused-ring (bicyclic) bond motifs is 23. The summed E-state index contributed by atoms with van der Waals surface area (Å²) in [5.74, 6) is 0. The third-order valence-corrected chi connectivity index (χ3v) is 25.1. The Kier molecular flexibility index (Phi) is 55.2. The van der Waals surface area contributed by atoms with Crippen LogP contribution in [-0.4, -0.2) is 164 Å². The summed E-state index contributed by atoms with van der Waals surface area (Å²) >= 11 is 0. The number of aromatic nitrogens is 4. The SMILES string of the molecule is CC.CC.CC.CC.CC.CC.CC.CC.CC.CC.CC(N(C)C)N(C)C.CCN(C)C.CCn1c2ccccc2c2c(C(N(C)C)N(C)C)c(C)c3c(c21)Cc1ccccc1-3.CCn1c2ccccc2c2c(C)c(C(N(C)C)N(C)C)c3c(c21)Cc1ccccc1-3.CCn1c2ccccc2c2cc[c-]c(-c3[c-]cccc3)c21.CCn1c2ccccc2c2ccc3c(c21)Cc1ccccc1C3.[Y]. The molecule has 3 aliphatic rings. The van der Waals surface area contributed by atoms with Crippen LogP contribution in [0.3, 0.4) is 0 Å². The van der Waals surface area contributed by atoms with Crippen molar-refractivity contribution in [2.45, 2.75) is 264 Å². The minimum Gasteiger partial charge on any atom is -0.390 e. The van der Waals surface area contributed by atoms with Gasteiger partial charge in [-0.2, -0.15) is 36.4 Å². The van der Waals surface area contributed by atoms with Crippen molar-refractivity contribution in [3.8, 4) is 33.4 Å². The first-order valence-corrected chi connectivity index (χ1v) is 52.4. The zero-order valence-electron chi connectivity index (χ0n) is 94.4. The number of aryl methyl sites for hydroxylation is 5. The van der Waals surface area contributed by atoms with E-state index in [1.165, 1.54) is 176 Å². The van der Waals surface area contributed by atoms with E-state index in [2.05, 4.69) is 419 Å². The van der Waals surface area contributed by atoms with E-state index in [0.717, 1.165) is 69.5 Å². The van der Waals surface area contributed by atoms with Crippen LogP contribution in [0.15, 0.2) is 218 Å². The van der Waals surface area contributed by atoms with Crippen LogP contribution < -0.4 is 0 Å². The third-order valence-electron chi connectivity index (χ3n) is 25.1. The molecule has 0 N–H and O–H groups in total. The molecule has 4 heterocycles. The molecule has 0 spiro atoms. The minimum atomic E-state index is 0. The van der Waals surface area contributed by atoms with E-state index in [1.54, 1.807) is 0 Å². The van der Waals surface area contributed by atoms with Gasteiger partial charge in [0.05, 0.1) is 35.0 Å². The zero-order chi connectivity index (χ0) is 103. The van der Waals surface area contributed by atoms with Gasteiger partial charge < -0.3 is 23.2 Å². The molecule has 747 valence electrons. The predicted molar refractivity (Wildman–Crippen MR) is 616 cm³/mol. The smallest absolute Gasteiger partial charge is 0.0885 e. The number of benzene rings is 12. The maximum Gasteiger partial charge on any atom is 0.0885 e. The summed E-state index contributed by atoms with van der Waals surface area (Å²) < 4.78 is 9.95. The fourth-order valence-electron chi connectivity index (χ4n) is 19.5. The van der Waals surface area contributed by atoms with Crippen molar-refractivity contribution in [1.82, 2.24) is 52.6 Å². The van der Waals surface area contributed by atoms with Gasteiger partial charge in [0.2, 0.25) is 0 Å². The summed E-state index contributed by atoms with van der Waals surface area (Å²) in [6, 6.07) is 85.8. The number of nitrogens with zero attached hydrogens (tertiary/aromatic N) is 11. The van der Waals surface area contributed by atoms with Crippen LogP contribution in [0.1, 0.15) is 259 Å². The molecule has 16 aromatic rings. The Balaban J connectivity index is 0.000000429. The van der Waals surface area contributed by atoms with Gasteiger partial charge in [-0.15, -0.1) is 12.1 Å². The standard InChI is InChI=1S/2C27H31N3.C22H19N.C20H15N.C6H16N2.C4H11N.10C2H6.Y/c1-7-30-22-15-11-10-14-20(22)23-17(2)24(27(28(3)4)29(5)6)25-19-13-9-8-12-18(19)16-21(25)26(23)30;1-7-30-22-15-11-10-14-20(22)25-24(27(28(3)4)29(5)6)17(2)23-19-13-9-8-12-18(19)16-21(23)26(25)30;1-2-23-21-10-6-5-9-18(21)19-12-11-17-13-15-7-3-4-8-16(15)14-20(17)22(19)23;1-2-21-19-14-7-6-11-17(19)18-13-8-12-16(20(18)21)15-9-4-3-5-10-15;1-6(7(2)3)8(4)5;1-4-5(2)3;10*1-2;/h2*8-15,27H,7,16H2,1-6H3;3-12H,2,13-14H2,1H3;3-9,11,13-14H,2H2,1H3;6H,1-5H3;4H2,1-3H3;10*1-2H3;/q;;;-2;;;;;;;;;;;;;. The summed E-state index contributed by atoms with van der Waals surface area (Å²) in [4.78, 5) is 15.8. The average Bonchev–Trinajstić information content (AvgIpc) is 1.55. The van der Waals surface area contributed by atoms with E-state index < -0.39 is 0 Å². The van der Waals surface area contributed by atoms with Gasteiger partial charge in [-0.1, -0.05) is 314 Å². The maximum absolute atomic E-state index is 3.41. The number of rotatable bonds is 14. The van der Waals surface area contributed by atoms with Gasteiger partial charge in [0.15, 0.2) is 0 Å². The first-order valence-electron chi connectivity index (χ1n) is 52.4. The van der Waals surface area contributed by atoms with Crippen LogP contribution >= 0.6 is 0 Å². The molecule has 0 unspecified atom stereocenters. The van der Waals surface area contributed by atoms with Crippen molar-refractivity contribution >= 4 is 87.2 Å². The molecule has 0 amide bonds. The molecule has 0 aliphatic heterocycles. The Hall–Kier alpha value is -9.34. The van der Waals surface area contributed by atoms with E-state index in [9.17, 15) is 0 Å². The fourth-order valence-corrected chi connectivity index (χ4v) is 19.5. The van der Waals surface area contributed by atoms with Crippen molar-refractivity contribution in [2.24, 2.45) is 0 Å². The molecule has 3 aliphatic carbocycles. The molecule has 4 aromatic heterocycles.